The van der Waals surface area contributed by atoms with Crippen molar-refractivity contribution < 1.29 is 19.7 Å². The van der Waals surface area contributed by atoms with Gasteiger partial charge in [0.1, 0.15) is 17.1 Å². The predicted octanol–water partition coefficient (Wildman–Crippen LogP) is 4.87. The fraction of sp³-hybridized carbons (Fsp3) is 0.190. The summed E-state index contributed by atoms with van der Waals surface area (Å²) < 4.78 is 5.14. The molecule has 0 aliphatic carbocycles. The van der Waals surface area contributed by atoms with Gasteiger partial charge in [0.05, 0.1) is 6.61 Å². The number of rotatable bonds is 5. The number of aromatic hydroxyl groups is 2. The van der Waals surface area contributed by atoms with E-state index in [1.54, 1.807) is 12.1 Å². The number of hydrogen-bond acceptors (Lipinski definition) is 4. The number of phenolic OH excluding ortho intramolecular Hbond substituents is 2. The Bertz CT molecular complexity index is 901. The van der Waals surface area contributed by atoms with Crippen LogP contribution in [0.5, 0.6) is 11.5 Å². The van der Waals surface area contributed by atoms with Crippen molar-refractivity contribution in [3.63, 3.8) is 0 Å². The van der Waals surface area contributed by atoms with Crippen molar-refractivity contribution in [2.45, 2.75) is 19.8 Å². The standard InChI is InChI=1S/C21H20O4/c1-2-3-11-25-21(24)18-13-19(22)17-12-15(9-10-16(17)20(18)23)14-7-5-4-6-8-14/h4-10,12-13,22-23H,2-3,11H2,1H3. The van der Waals surface area contributed by atoms with Gasteiger partial charge >= 0.3 is 5.97 Å². The van der Waals surface area contributed by atoms with Crippen LogP contribution in [0.2, 0.25) is 0 Å². The molecule has 128 valence electrons. The minimum atomic E-state index is -0.629. The molecule has 4 nitrogen and oxygen atoms in total. The minimum absolute atomic E-state index is 0.0198. The first-order valence-electron chi connectivity index (χ1n) is 8.33. The molecule has 0 aliphatic heterocycles. The zero-order valence-corrected chi connectivity index (χ0v) is 14.0. The Kier molecular flexibility index (Phi) is 4.89. The summed E-state index contributed by atoms with van der Waals surface area (Å²) in [6.45, 7) is 2.29. The smallest absolute Gasteiger partial charge is 0.342 e. The van der Waals surface area contributed by atoms with Crippen LogP contribution in [0.1, 0.15) is 30.1 Å². The van der Waals surface area contributed by atoms with E-state index < -0.39 is 5.97 Å². The average molecular weight is 336 g/mol. The highest BCUT2D eigenvalue weighted by molar-refractivity contribution is 6.04. The first-order chi connectivity index (χ1) is 12.1. The van der Waals surface area contributed by atoms with Gasteiger partial charge in [0.25, 0.3) is 0 Å². The third-order valence-electron chi connectivity index (χ3n) is 4.14. The molecule has 2 N–H and O–H groups in total. The summed E-state index contributed by atoms with van der Waals surface area (Å²) in [5.74, 6) is -0.864. The highest BCUT2D eigenvalue weighted by atomic mass is 16.5. The van der Waals surface area contributed by atoms with Crippen LogP contribution in [0.25, 0.3) is 21.9 Å². The molecule has 4 heteroatoms. The van der Waals surface area contributed by atoms with E-state index in [1.165, 1.54) is 6.07 Å². The Morgan fingerprint density at radius 1 is 0.960 bits per heavy atom. The van der Waals surface area contributed by atoms with Crippen LogP contribution in [0, 0.1) is 0 Å². The molecule has 0 aliphatic rings. The van der Waals surface area contributed by atoms with E-state index in [0.29, 0.717) is 17.4 Å². The van der Waals surface area contributed by atoms with Crippen LogP contribution >= 0.6 is 0 Å². The molecule has 0 atom stereocenters. The molecule has 0 fully saturated rings. The van der Waals surface area contributed by atoms with Gasteiger partial charge in [-0.05, 0) is 35.7 Å². The van der Waals surface area contributed by atoms with Gasteiger partial charge in [-0.25, -0.2) is 4.79 Å². The van der Waals surface area contributed by atoms with Crippen molar-refractivity contribution in [3.8, 4) is 22.6 Å². The maximum Gasteiger partial charge on any atom is 0.342 e. The van der Waals surface area contributed by atoms with E-state index in [2.05, 4.69) is 0 Å². The van der Waals surface area contributed by atoms with E-state index in [9.17, 15) is 15.0 Å². The first-order valence-corrected chi connectivity index (χ1v) is 8.33. The Balaban J connectivity index is 2.02. The van der Waals surface area contributed by atoms with Gasteiger partial charge in [-0.15, -0.1) is 0 Å². The number of phenols is 2. The van der Waals surface area contributed by atoms with E-state index in [1.807, 2.05) is 43.3 Å². The molecular formula is C21H20O4. The van der Waals surface area contributed by atoms with Gasteiger partial charge in [0.15, 0.2) is 0 Å². The van der Waals surface area contributed by atoms with E-state index in [-0.39, 0.29) is 17.1 Å². The quantitative estimate of drug-likeness (QED) is 0.396. The number of fused-ring (bicyclic) bond motifs is 1. The van der Waals surface area contributed by atoms with Gasteiger partial charge < -0.3 is 14.9 Å². The van der Waals surface area contributed by atoms with Crippen molar-refractivity contribution in [1.82, 2.24) is 0 Å². The number of carbonyl (C=O) groups is 1. The van der Waals surface area contributed by atoms with Crippen molar-refractivity contribution in [2.24, 2.45) is 0 Å². The van der Waals surface area contributed by atoms with Crippen LogP contribution in [0.4, 0.5) is 0 Å². The van der Waals surface area contributed by atoms with Gasteiger partial charge in [0.2, 0.25) is 0 Å². The summed E-state index contributed by atoms with van der Waals surface area (Å²) in [4.78, 5) is 12.1. The normalized spacial score (nSPS) is 10.8. The van der Waals surface area contributed by atoms with Crippen LogP contribution < -0.4 is 0 Å². The van der Waals surface area contributed by atoms with Crippen molar-refractivity contribution >= 4 is 16.7 Å². The maximum atomic E-state index is 12.1. The lowest BCUT2D eigenvalue weighted by atomic mass is 9.98. The summed E-state index contributed by atoms with van der Waals surface area (Å²) in [5, 5.41) is 21.7. The second kappa shape index (κ2) is 7.26. The van der Waals surface area contributed by atoms with Gasteiger partial charge in [0, 0.05) is 10.8 Å². The zero-order chi connectivity index (χ0) is 17.8. The third kappa shape index (κ3) is 3.43. The Hall–Kier alpha value is -3.01. The number of unbranched alkanes of at least 4 members (excludes halogenated alkanes) is 1. The number of benzene rings is 3. The molecule has 0 bridgehead atoms. The minimum Gasteiger partial charge on any atom is -0.507 e. The highest BCUT2D eigenvalue weighted by Crippen LogP contribution is 2.38. The van der Waals surface area contributed by atoms with Gasteiger partial charge in [-0.2, -0.15) is 0 Å². The average Bonchev–Trinajstić information content (AvgIpc) is 2.65. The summed E-state index contributed by atoms with van der Waals surface area (Å²) >= 11 is 0. The van der Waals surface area contributed by atoms with Crippen molar-refractivity contribution in [3.05, 3.63) is 60.2 Å². The summed E-state index contributed by atoms with van der Waals surface area (Å²) in [7, 11) is 0. The number of esters is 1. The second-order valence-corrected chi connectivity index (χ2v) is 5.91. The largest absolute Gasteiger partial charge is 0.507 e. The van der Waals surface area contributed by atoms with Crippen molar-refractivity contribution in [2.75, 3.05) is 6.61 Å². The maximum absolute atomic E-state index is 12.1. The third-order valence-corrected chi connectivity index (χ3v) is 4.14. The topological polar surface area (TPSA) is 66.8 Å². The van der Waals surface area contributed by atoms with Crippen LogP contribution in [-0.4, -0.2) is 22.8 Å². The highest BCUT2D eigenvalue weighted by Gasteiger charge is 2.18. The molecule has 3 rings (SSSR count). The van der Waals surface area contributed by atoms with E-state index in [0.717, 1.165) is 24.0 Å². The molecule has 0 saturated heterocycles. The Labute approximate surface area is 146 Å². The molecule has 3 aromatic carbocycles. The van der Waals surface area contributed by atoms with E-state index >= 15 is 0 Å². The molecule has 0 spiro atoms. The number of ether oxygens (including phenoxy) is 1. The Morgan fingerprint density at radius 3 is 2.44 bits per heavy atom. The molecule has 0 radical (unpaired) electrons. The van der Waals surface area contributed by atoms with Crippen LogP contribution in [-0.2, 0) is 4.74 Å². The Morgan fingerprint density at radius 2 is 1.72 bits per heavy atom. The molecule has 0 aromatic heterocycles. The fourth-order valence-corrected chi connectivity index (χ4v) is 2.74. The first kappa shape index (κ1) is 16.8. The summed E-state index contributed by atoms with van der Waals surface area (Å²) in [5.41, 5.74) is 1.90. The van der Waals surface area contributed by atoms with Gasteiger partial charge in [-0.1, -0.05) is 49.7 Å². The molecule has 0 amide bonds. The summed E-state index contributed by atoms with van der Waals surface area (Å²) in [6, 6.07) is 16.4. The monoisotopic (exact) mass is 336 g/mol. The predicted molar refractivity (Wildman–Crippen MR) is 97.9 cm³/mol. The second-order valence-electron chi connectivity index (χ2n) is 5.91. The molecule has 0 saturated carbocycles. The molecule has 0 unspecified atom stereocenters. The van der Waals surface area contributed by atoms with Crippen LogP contribution in [0.15, 0.2) is 54.6 Å². The van der Waals surface area contributed by atoms with Gasteiger partial charge in [-0.3, -0.25) is 0 Å². The van der Waals surface area contributed by atoms with Crippen LogP contribution in [0.3, 0.4) is 0 Å². The SMILES string of the molecule is CCCCOC(=O)c1cc(O)c2cc(-c3ccccc3)ccc2c1O. The molecule has 0 heterocycles. The summed E-state index contributed by atoms with van der Waals surface area (Å²) in [6.07, 6.45) is 1.66. The molecule has 3 aromatic rings. The molecule has 25 heavy (non-hydrogen) atoms. The molecular weight excluding hydrogens is 316 g/mol. The van der Waals surface area contributed by atoms with Crippen molar-refractivity contribution in [1.29, 1.82) is 0 Å². The fourth-order valence-electron chi connectivity index (χ4n) is 2.74. The lowest BCUT2D eigenvalue weighted by Crippen LogP contribution is -2.06. The number of hydrogen-bond donors (Lipinski definition) is 2. The number of carbonyl (C=O) groups excluding carboxylic acids is 1. The lowest BCUT2D eigenvalue weighted by Gasteiger charge is -2.11. The lowest BCUT2D eigenvalue weighted by molar-refractivity contribution is 0.0496. The zero-order valence-electron chi connectivity index (χ0n) is 14.0. The van der Waals surface area contributed by atoms with E-state index in [4.69, 9.17) is 4.74 Å².